The summed E-state index contributed by atoms with van der Waals surface area (Å²) in [5.74, 6) is -1.12. The highest BCUT2D eigenvalue weighted by Crippen LogP contribution is 2.27. The van der Waals surface area contributed by atoms with Crippen molar-refractivity contribution in [3.63, 3.8) is 0 Å². The van der Waals surface area contributed by atoms with Crippen molar-refractivity contribution in [3.05, 3.63) is 104 Å². The van der Waals surface area contributed by atoms with Crippen molar-refractivity contribution in [3.8, 4) is 11.4 Å². The van der Waals surface area contributed by atoms with Crippen LogP contribution < -0.4 is 5.73 Å². The van der Waals surface area contributed by atoms with Gasteiger partial charge in [0.15, 0.2) is 11.4 Å². The van der Waals surface area contributed by atoms with Crippen molar-refractivity contribution in [1.29, 1.82) is 0 Å². The Labute approximate surface area is 259 Å². The quantitative estimate of drug-likeness (QED) is 0.162. The number of aromatic nitrogens is 6. The maximum Gasteiger partial charge on any atom is 0.359 e. The summed E-state index contributed by atoms with van der Waals surface area (Å²) in [7, 11) is 1.32. The number of nitrogens with zero attached hydrogens (tertiary/aromatic N) is 6. The topological polar surface area (TPSA) is 131 Å². The summed E-state index contributed by atoms with van der Waals surface area (Å²) in [6, 6.07) is 18.4. The molecule has 0 saturated carbocycles. The van der Waals surface area contributed by atoms with Crippen LogP contribution in [0.3, 0.4) is 0 Å². The lowest BCUT2D eigenvalue weighted by Gasteiger charge is -2.03. The lowest BCUT2D eigenvalue weighted by molar-refractivity contribution is 0.0595. The molecule has 0 bridgehead atoms. The summed E-state index contributed by atoms with van der Waals surface area (Å²) in [5.41, 5.74) is 8.69. The summed E-state index contributed by atoms with van der Waals surface area (Å²) in [5, 5.41) is 10.4. The number of rotatable bonds is 4. The Morgan fingerprint density at radius 2 is 1.24 bits per heavy atom. The van der Waals surface area contributed by atoms with Gasteiger partial charge < -0.3 is 10.5 Å². The minimum atomic E-state index is -0.604. The first-order valence-electron chi connectivity index (χ1n) is 11.6. The number of methoxy groups -OCH3 is 1. The molecule has 6 rings (SSSR count). The van der Waals surface area contributed by atoms with E-state index in [1.807, 2.05) is 48.5 Å². The van der Waals surface area contributed by atoms with Crippen LogP contribution in [0.1, 0.15) is 21.0 Å². The van der Waals surface area contributed by atoms with Crippen LogP contribution in [0.5, 0.6) is 0 Å². The Balaban J connectivity index is 0.000000165. The molecule has 2 aromatic carbocycles. The van der Waals surface area contributed by atoms with Crippen molar-refractivity contribution in [2.75, 3.05) is 7.11 Å². The monoisotopic (exact) mass is 715 g/mol. The molecular formula is C27H17Br2Cl2N7O3. The smallest absolute Gasteiger partial charge is 0.359 e. The molecule has 1 amide bonds. The Morgan fingerprint density at radius 3 is 1.68 bits per heavy atom. The van der Waals surface area contributed by atoms with Crippen molar-refractivity contribution in [1.82, 2.24) is 29.5 Å². The number of amides is 1. The molecular weight excluding hydrogens is 701 g/mol. The van der Waals surface area contributed by atoms with Crippen LogP contribution in [-0.4, -0.2) is 48.5 Å². The molecule has 4 aromatic heterocycles. The number of carbonyl (C=O) groups excluding carboxylic acids is 2. The fourth-order valence-corrected chi connectivity index (χ4v) is 5.09. The summed E-state index contributed by atoms with van der Waals surface area (Å²) in [6.45, 7) is 0. The fourth-order valence-electron chi connectivity index (χ4n) is 4.01. The van der Waals surface area contributed by atoms with Crippen molar-refractivity contribution in [2.45, 2.75) is 0 Å². The zero-order valence-corrected chi connectivity index (χ0v) is 25.6. The van der Waals surface area contributed by atoms with Gasteiger partial charge in [0.25, 0.3) is 5.91 Å². The van der Waals surface area contributed by atoms with Crippen molar-refractivity contribution < 1.29 is 14.3 Å². The second-order valence-corrected chi connectivity index (χ2v) is 11.0. The molecule has 6 aromatic rings. The number of esters is 1. The van der Waals surface area contributed by atoms with Gasteiger partial charge in [-0.1, -0.05) is 67.2 Å². The molecule has 0 aliphatic rings. The van der Waals surface area contributed by atoms with Crippen LogP contribution in [0.25, 0.3) is 33.2 Å². The first-order chi connectivity index (χ1) is 19.7. The number of ether oxygens (including phenoxy) is 1. The van der Waals surface area contributed by atoms with Crippen LogP contribution in [0, 0.1) is 0 Å². The van der Waals surface area contributed by atoms with E-state index in [1.165, 1.54) is 19.5 Å². The van der Waals surface area contributed by atoms with Crippen LogP contribution in [0.2, 0.25) is 10.3 Å². The summed E-state index contributed by atoms with van der Waals surface area (Å²) >= 11 is 18.7. The van der Waals surface area contributed by atoms with Gasteiger partial charge >= 0.3 is 5.97 Å². The average Bonchev–Trinajstić information content (AvgIpc) is 3.51. The molecule has 0 aliphatic heterocycles. The normalized spacial score (nSPS) is 10.9. The van der Waals surface area contributed by atoms with Gasteiger partial charge in [0.1, 0.15) is 10.3 Å². The molecule has 0 saturated heterocycles. The van der Waals surface area contributed by atoms with E-state index in [2.05, 4.69) is 52.0 Å². The third-order valence-corrected chi connectivity index (χ3v) is 7.18. The van der Waals surface area contributed by atoms with E-state index >= 15 is 0 Å². The first kappa shape index (κ1) is 28.7. The zero-order valence-electron chi connectivity index (χ0n) is 20.9. The lowest BCUT2D eigenvalue weighted by Crippen LogP contribution is -2.12. The molecule has 0 radical (unpaired) electrons. The molecule has 0 atom stereocenters. The van der Waals surface area contributed by atoms with Gasteiger partial charge in [-0.2, -0.15) is 10.2 Å². The molecule has 41 heavy (non-hydrogen) atoms. The van der Waals surface area contributed by atoms with Gasteiger partial charge in [0.05, 0.1) is 40.3 Å². The second kappa shape index (κ2) is 12.0. The number of benzene rings is 2. The van der Waals surface area contributed by atoms with E-state index in [9.17, 15) is 9.59 Å². The predicted octanol–water partition coefficient (Wildman–Crippen LogP) is 6.56. The van der Waals surface area contributed by atoms with Crippen LogP contribution in [0.15, 0.2) is 82.0 Å². The molecule has 2 N–H and O–H groups in total. The third kappa shape index (κ3) is 5.96. The molecule has 14 heteroatoms. The minimum absolute atomic E-state index is 0.171. The van der Waals surface area contributed by atoms with E-state index < -0.39 is 11.9 Å². The van der Waals surface area contributed by atoms with E-state index in [4.69, 9.17) is 33.7 Å². The maximum absolute atomic E-state index is 11.9. The molecule has 4 heterocycles. The minimum Gasteiger partial charge on any atom is -0.464 e. The van der Waals surface area contributed by atoms with E-state index in [-0.39, 0.29) is 11.4 Å². The number of pyridine rings is 2. The van der Waals surface area contributed by atoms with Gasteiger partial charge in [-0.3, -0.25) is 4.79 Å². The van der Waals surface area contributed by atoms with Gasteiger partial charge in [0.2, 0.25) is 0 Å². The van der Waals surface area contributed by atoms with E-state index in [0.29, 0.717) is 32.1 Å². The molecule has 10 nitrogen and oxygen atoms in total. The van der Waals surface area contributed by atoms with Gasteiger partial charge in [-0.05, 0) is 36.4 Å². The van der Waals surface area contributed by atoms with E-state index in [0.717, 1.165) is 20.3 Å². The van der Waals surface area contributed by atoms with Gasteiger partial charge in [-0.25, -0.2) is 24.1 Å². The number of carbonyl (C=O) groups is 2. The summed E-state index contributed by atoms with van der Waals surface area (Å²) < 4.78 is 9.83. The van der Waals surface area contributed by atoms with Crippen molar-refractivity contribution in [2.24, 2.45) is 5.73 Å². The molecule has 0 aliphatic carbocycles. The zero-order chi connectivity index (χ0) is 29.3. The fraction of sp³-hybridized carbons (Fsp3) is 0.0370. The van der Waals surface area contributed by atoms with Crippen molar-refractivity contribution >= 4 is 88.7 Å². The third-order valence-electron chi connectivity index (χ3n) is 5.78. The van der Waals surface area contributed by atoms with Crippen LogP contribution >= 0.6 is 55.1 Å². The number of fused-ring (bicyclic) bond motifs is 2. The molecule has 0 unspecified atom stereocenters. The summed E-state index contributed by atoms with van der Waals surface area (Å²) in [6.07, 6.45) is 3.02. The van der Waals surface area contributed by atoms with Crippen LogP contribution in [-0.2, 0) is 4.74 Å². The maximum atomic E-state index is 11.9. The SMILES string of the molecule is COC(=O)c1nn(-c2cccc(Br)c2)c2cc(Cl)ncc12.NC(=O)c1nn(-c2cccc(Br)c2)c2cc(Cl)ncc12. The Kier molecular flexibility index (Phi) is 8.36. The molecule has 0 spiro atoms. The number of primary amides is 1. The number of nitrogens with two attached hydrogens (primary N) is 1. The highest BCUT2D eigenvalue weighted by atomic mass is 79.9. The summed E-state index contributed by atoms with van der Waals surface area (Å²) in [4.78, 5) is 31.3. The first-order valence-corrected chi connectivity index (χ1v) is 14.0. The van der Waals surface area contributed by atoms with Gasteiger partial charge in [0, 0.05) is 33.5 Å². The molecule has 0 fully saturated rings. The molecule has 206 valence electrons. The Morgan fingerprint density at radius 1 is 0.780 bits per heavy atom. The lowest BCUT2D eigenvalue weighted by atomic mass is 10.2. The van der Waals surface area contributed by atoms with Crippen LogP contribution in [0.4, 0.5) is 0 Å². The Hall–Kier alpha value is -3.84. The number of hydrogen-bond acceptors (Lipinski definition) is 7. The standard InChI is InChI=1S/C14H9BrClN3O2.C13H8BrClN4O/c1-21-14(20)13-10-7-17-12(16)6-11(10)19(18-13)9-4-2-3-8(15)5-9;14-7-2-1-3-8(4-7)19-10-5-11(15)17-6-9(10)12(18-19)13(16)20/h2-7H,1H3;1-6H,(H2,16,20). The highest BCUT2D eigenvalue weighted by molar-refractivity contribution is 9.10. The highest BCUT2D eigenvalue weighted by Gasteiger charge is 2.20. The number of hydrogen-bond donors (Lipinski definition) is 1. The average molecular weight is 718 g/mol. The second-order valence-electron chi connectivity index (χ2n) is 8.38. The largest absolute Gasteiger partial charge is 0.464 e. The van der Waals surface area contributed by atoms with Gasteiger partial charge in [-0.15, -0.1) is 0 Å². The number of halogens is 4. The Bertz CT molecular complexity index is 1960. The van der Waals surface area contributed by atoms with E-state index in [1.54, 1.807) is 21.5 Å². The predicted molar refractivity (Wildman–Crippen MR) is 163 cm³/mol.